The molecule has 1 heterocycles. The fourth-order valence-electron chi connectivity index (χ4n) is 3.22. The van der Waals surface area contributed by atoms with Crippen LogP contribution in [-0.4, -0.2) is 24.9 Å². The van der Waals surface area contributed by atoms with Gasteiger partial charge < -0.3 is 10.2 Å². The predicted octanol–water partition coefficient (Wildman–Crippen LogP) is 3.02. The quantitative estimate of drug-likeness (QED) is 0.912. The van der Waals surface area contributed by atoms with Gasteiger partial charge in [0.1, 0.15) is 0 Å². The van der Waals surface area contributed by atoms with Gasteiger partial charge in [-0.3, -0.25) is 9.59 Å². The van der Waals surface area contributed by atoms with Crippen LogP contribution in [0.25, 0.3) is 0 Å². The Bertz CT molecular complexity index is 768. The number of carbonyl (C=O) groups is 2. The molecule has 0 aliphatic carbocycles. The van der Waals surface area contributed by atoms with E-state index in [-0.39, 0.29) is 17.7 Å². The first-order chi connectivity index (χ1) is 12.0. The highest BCUT2D eigenvalue weighted by molar-refractivity contribution is 5.95. The Morgan fingerprint density at radius 1 is 1.12 bits per heavy atom. The van der Waals surface area contributed by atoms with E-state index in [9.17, 15) is 9.59 Å². The van der Waals surface area contributed by atoms with E-state index in [2.05, 4.69) is 5.32 Å². The van der Waals surface area contributed by atoms with Crippen molar-refractivity contribution in [3.63, 3.8) is 0 Å². The van der Waals surface area contributed by atoms with Crippen LogP contribution in [-0.2, 0) is 16.0 Å². The van der Waals surface area contributed by atoms with Gasteiger partial charge in [0.05, 0.1) is 6.42 Å². The number of nitrogens with zero attached hydrogens (tertiary/aromatic N) is 1. The van der Waals surface area contributed by atoms with Gasteiger partial charge in [0.25, 0.3) is 0 Å². The van der Waals surface area contributed by atoms with Gasteiger partial charge in [0.2, 0.25) is 11.8 Å². The van der Waals surface area contributed by atoms with Gasteiger partial charge in [-0.05, 0) is 31.5 Å². The third-order valence-electron chi connectivity index (χ3n) is 4.59. The van der Waals surface area contributed by atoms with Crippen molar-refractivity contribution in [3.05, 3.63) is 65.2 Å². The number of benzene rings is 2. The third kappa shape index (κ3) is 4.47. The zero-order chi connectivity index (χ0) is 17.8. The highest BCUT2D eigenvalue weighted by Crippen LogP contribution is 2.25. The number of aryl methyl sites for hydroxylation is 2. The van der Waals surface area contributed by atoms with Crippen molar-refractivity contribution >= 4 is 17.5 Å². The SMILES string of the molecule is Cc1ccc(N2C[C@H](CNC(=O)Cc3cccc(C)c3)CC2=O)cc1. The van der Waals surface area contributed by atoms with Crippen molar-refractivity contribution in [1.82, 2.24) is 5.32 Å². The molecule has 25 heavy (non-hydrogen) atoms. The molecule has 2 aromatic rings. The Balaban J connectivity index is 1.51. The van der Waals surface area contributed by atoms with Gasteiger partial charge in [0, 0.05) is 31.1 Å². The van der Waals surface area contributed by atoms with Crippen LogP contribution in [0, 0.1) is 19.8 Å². The monoisotopic (exact) mass is 336 g/mol. The Morgan fingerprint density at radius 2 is 1.88 bits per heavy atom. The first-order valence-corrected chi connectivity index (χ1v) is 8.70. The molecular weight excluding hydrogens is 312 g/mol. The molecule has 4 nitrogen and oxygen atoms in total. The minimum Gasteiger partial charge on any atom is -0.355 e. The molecular formula is C21H24N2O2. The molecule has 1 N–H and O–H groups in total. The second-order valence-corrected chi connectivity index (χ2v) is 6.88. The van der Waals surface area contributed by atoms with Gasteiger partial charge in [-0.1, -0.05) is 47.5 Å². The Morgan fingerprint density at radius 3 is 2.60 bits per heavy atom. The highest BCUT2D eigenvalue weighted by atomic mass is 16.2. The summed E-state index contributed by atoms with van der Waals surface area (Å²) in [5.41, 5.74) is 4.28. The first kappa shape index (κ1) is 17.2. The van der Waals surface area contributed by atoms with E-state index in [1.165, 1.54) is 5.56 Å². The molecule has 0 unspecified atom stereocenters. The molecule has 1 aliphatic heterocycles. The molecule has 3 rings (SSSR count). The predicted molar refractivity (Wildman–Crippen MR) is 99.5 cm³/mol. The lowest BCUT2D eigenvalue weighted by Gasteiger charge is -2.17. The Labute approximate surface area is 148 Å². The van der Waals surface area contributed by atoms with Crippen LogP contribution in [0.15, 0.2) is 48.5 Å². The standard InChI is InChI=1S/C21H24N2O2/c1-15-6-8-19(9-7-15)23-14-18(12-21(23)25)13-22-20(24)11-17-5-3-4-16(2)10-17/h3-10,18H,11-14H2,1-2H3,(H,22,24)/t18-/m0/s1. The van der Waals surface area contributed by atoms with E-state index in [4.69, 9.17) is 0 Å². The molecule has 0 aromatic heterocycles. The molecule has 2 amide bonds. The number of rotatable bonds is 5. The minimum atomic E-state index is 0.00633. The van der Waals surface area contributed by atoms with Crippen LogP contribution in [0.1, 0.15) is 23.1 Å². The number of hydrogen-bond donors (Lipinski definition) is 1. The van der Waals surface area contributed by atoms with E-state index in [1.54, 1.807) is 0 Å². The molecule has 1 aliphatic rings. The lowest BCUT2D eigenvalue weighted by molar-refractivity contribution is -0.121. The molecule has 130 valence electrons. The largest absolute Gasteiger partial charge is 0.355 e. The summed E-state index contributed by atoms with van der Waals surface area (Å²) in [6.07, 6.45) is 0.864. The van der Waals surface area contributed by atoms with Crippen LogP contribution in [0.3, 0.4) is 0 Å². The first-order valence-electron chi connectivity index (χ1n) is 8.70. The van der Waals surface area contributed by atoms with Gasteiger partial charge in [-0.15, -0.1) is 0 Å². The average molecular weight is 336 g/mol. The molecule has 1 atom stereocenters. The maximum Gasteiger partial charge on any atom is 0.227 e. The fraction of sp³-hybridized carbons (Fsp3) is 0.333. The zero-order valence-corrected chi connectivity index (χ0v) is 14.8. The van der Waals surface area contributed by atoms with Crippen LogP contribution >= 0.6 is 0 Å². The number of anilines is 1. The van der Waals surface area contributed by atoms with Crippen molar-refractivity contribution in [3.8, 4) is 0 Å². The summed E-state index contributed by atoms with van der Waals surface area (Å²) < 4.78 is 0. The van der Waals surface area contributed by atoms with Crippen LogP contribution in [0.4, 0.5) is 5.69 Å². The molecule has 0 saturated carbocycles. The summed E-state index contributed by atoms with van der Waals surface area (Å²) in [6, 6.07) is 16.0. The Hall–Kier alpha value is -2.62. The van der Waals surface area contributed by atoms with Crippen molar-refractivity contribution in [2.45, 2.75) is 26.7 Å². The van der Waals surface area contributed by atoms with Crippen molar-refractivity contribution in [1.29, 1.82) is 0 Å². The van der Waals surface area contributed by atoms with Crippen LogP contribution in [0.2, 0.25) is 0 Å². The number of amides is 2. The topological polar surface area (TPSA) is 49.4 Å². The fourth-order valence-corrected chi connectivity index (χ4v) is 3.22. The van der Waals surface area contributed by atoms with Crippen molar-refractivity contribution in [2.24, 2.45) is 5.92 Å². The summed E-state index contributed by atoms with van der Waals surface area (Å²) >= 11 is 0. The van der Waals surface area contributed by atoms with Crippen LogP contribution in [0.5, 0.6) is 0 Å². The van der Waals surface area contributed by atoms with E-state index >= 15 is 0 Å². The summed E-state index contributed by atoms with van der Waals surface area (Å²) in [5.74, 6) is 0.295. The summed E-state index contributed by atoms with van der Waals surface area (Å²) in [5, 5.41) is 2.98. The van der Waals surface area contributed by atoms with Crippen molar-refractivity contribution < 1.29 is 9.59 Å². The van der Waals surface area contributed by atoms with E-state index in [1.807, 2.05) is 67.3 Å². The number of hydrogen-bond acceptors (Lipinski definition) is 2. The lowest BCUT2D eigenvalue weighted by Crippen LogP contribution is -2.32. The molecule has 2 aromatic carbocycles. The van der Waals surface area contributed by atoms with Crippen molar-refractivity contribution in [2.75, 3.05) is 18.0 Å². The molecule has 0 bridgehead atoms. The summed E-state index contributed by atoms with van der Waals surface area (Å²) in [6.45, 7) is 5.25. The maximum absolute atomic E-state index is 12.3. The second kappa shape index (κ2) is 7.51. The van der Waals surface area contributed by atoms with E-state index in [0.717, 1.165) is 16.8 Å². The van der Waals surface area contributed by atoms with E-state index in [0.29, 0.717) is 25.9 Å². The molecule has 1 fully saturated rings. The van der Waals surface area contributed by atoms with Gasteiger partial charge >= 0.3 is 0 Å². The molecule has 1 saturated heterocycles. The normalized spacial score (nSPS) is 17.0. The zero-order valence-electron chi connectivity index (χ0n) is 14.8. The van der Waals surface area contributed by atoms with E-state index < -0.39 is 0 Å². The van der Waals surface area contributed by atoms with Gasteiger partial charge in [-0.25, -0.2) is 0 Å². The summed E-state index contributed by atoms with van der Waals surface area (Å²) in [4.78, 5) is 26.2. The number of nitrogens with one attached hydrogen (secondary N) is 1. The van der Waals surface area contributed by atoms with Gasteiger partial charge in [-0.2, -0.15) is 0 Å². The van der Waals surface area contributed by atoms with Gasteiger partial charge in [0.15, 0.2) is 0 Å². The minimum absolute atomic E-state index is 0.00633. The highest BCUT2D eigenvalue weighted by Gasteiger charge is 2.30. The smallest absolute Gasteiger partial charge is 0.227 e. The number of carbonyl (C=O) groups excluding carboxylic acids is 2. The average Bonchev–Trinajstić information content (AvgIpc) is 2.95. The van der Waals surface area contributed by atoms with Crippen LogP contribution < -0.4 is 10.2 Å². The maximum atomic E-state index is 12.3. The Kier molecular flexibility index (Phi) is 5.17. The molecule has 0 radical (unpaired) electrons. The molecule has 0 spiro atoms. The molecule has 4 heteroatoms. The lowest BCUT2D eigenvalue weighted by atomic mass is 10.1. The summed E-state index contributed by atoms with van der Waals surface area (Å²) in [7, 11) is 0. The second-order valence-electron chi connectivity index (χ2n) is 6.88. The third-order valence-corrected chi connectivity index (χ3v) is 4.59.